The van der Waals surface area contributed by atoms with Crippen LogP contribution in [0.25, 0.3) is 0 Å². The minimum Gasteiger partial charge on any atom is -0.444 e. The molecular formula is C27H32F7N2O5S+. The third-order valence-corrected chi connectivity index (χ3v) is 7.85. The molecule has 234 valence electrons. The van der Waals surface area contributed by atoms with Crippen LogP contribution in [0.4, 0.5) is 41.2 Å². The van der Waals surface area contributed by atoms with E-state index < -0.39 is 64.4 Å². The molecule has 1 amide bonds. The molecule has 0 aromatic heterocycles. The van der Waals surface area contributed by atoms with Crippen molar-refractivity contribution < 1.29 is 53.8 Å². The number of hydrogen-bond acceptors (Lipinski definition) is 5. The molecule has 2 aromatic rings. The van der Waals surface area contributed by atoms with E-state index in [1.165, 1.54) is 23.3 Å². The molecule has 1 heterocycles. The number of hydrogen-bond donors (Lipinski definition) is 2. The second kappa shape index (κ2) is 12.0. The summed E-state index contributed by atoms with van der Waals surface area (Å²) in [5, 5.41) is 2.73. The highest BCUT2D eigenvalue weighted by Gasteiger charge is 2.71. The van der Waals surface area contributed by atoms with Gasteiger partial charge in [-0.1, -0.05) is 22.4 Å². The standard InChI is InChI=1S/C27H31F7N2O5S/c1-24(2,3)41-23(37)36-14-17-13-20(42(4,38)39)9-10-21(17)22(36)15-40-16-35-19-7-5-18(6-8-19)25(11-12-28,26(29,30)31)27(32,33)34/h5-10,13,22,35H,11-12,14-16H2,1-4H3/p+1. The first-order chi connectivity index (χ1) is 19.2. The van der Waals surface area contributed by atoms with Gasteiger partial charge in [-0.3, -0.25) is 9.29 Å². The number of carbonyl (C=O) groups is 1. The Balaban J connectivity index is 1.75. The molecule has 0 aliphatic carbocycles. The van der Waals surface area contributed by atoms with E-state index in [0.717, 1.165) is 12.1 Å². The van der Waals surface area contributed by atoms with Crippen molar-refractivity contribution in [1.82, 2.24) is 4.90 Å². The minimum absolute atomic E-state index is 0.0789. The normalized spacial score (nSPS) is 17.5. The molecule has 3 rings (SSSR count). The van der Waals surface area contributed by atoms with Gasteiger partial charge in [0, 0.05) is 18.2 Å². The van der Waals surface area contributed by atoms with Gasteiger partial charge in [-0.05, 0) is 55.7 Å². The van der Waals surface area contributed by atoms with Gasteiger partial charge in [0.15, 0.2) is 10.3 Å². The number of halogens is 7. The Morgan fingerprint density at radius 3 is 2.14 bits per heavy atom. The van der Waals surface area contributed by atoms with Crippen molar-refractivity contribution in [1.29, 1.82) is 0 Å². The van der Waals surface area contributed by atoms with Crippen molar-refractivity contribution in [3.8, 4) is 0 Å². The molecule has 2 N–H and O–H groups in total. The van der Waals surface area contributed by atoms with E-state index in [9.17, 15) is 44.3 Å². The van der Waals surface area contributed by atoms with Crippen LogP contribution in [0, 0.1) is 0 Å². The number of anilines is 1. The van der Waals surface area contributed by atoms with Crippen LogP contribution in [-0.2, 0) is 35.9 Å². The molecule has 0 saturated carbocycles. The van der Waals surface area contributed by atoms with Crippen molar-refractivity contribution in [3.05, 3.63) is 59.2 Å². The number of amides is 1. The predicted octanol–water partition coefficient (Wildman–Crippen LogP) is 7.25. The fourth-order valence-electron chi connectivity index (χ4n) is 4.67. The lowest BCUT2D eigenvalue weighted by Gasteiger charge is -2.37. The summed E-state index contributed by atoms with van der Waals surface area (Å²) in [5.74, 6) is 0. The summed E-state index contributed by atoms with van der Waals surface area (Å²) in [6.07, 6.45) is -12.8. The summed E-state index contributed by atoms with van der Waals surface area (Å²) < 4.78 is 128. The van der Waals surface area contributed by atoms with Crippen LogP contribution < -0.4 is 5.32 Å². The molecule has 0 bridgehead atoms. The van der Waals surface area contributed by atoms with E-state index in [4.69, 9.17) is 9.47 Å². The number of ether oxygens (including phenoxy) is 2. The Kier molecular flexibility index (Phi) is 9.59. The Morgan fingerprint density at radius 2 is 1.64 bits per heavy atom. The minimum atomic E-state index is -5.78. The molecule has 2 atom stereocenters. The monoisotopic (exact) mass is 629 g/mol. The molecule has 1 aliphatic rings. The van der Waals surface area contributed by atoms with E-state index in [1.807, 2.05) is 0 Å². The molecule has 0 fully saturated rings. The Hall–Kier alpha value is -2.91. The zero-order valence-corrected chi connectivity index (χ0v) is 24.1. The zero-order valence-electron chi connectivity index (χ0n) is 23.2. The number of rotatable bonds is 9. The number of fused-ring (bicyclic) bond motifs is 1. The second-order valence-electron chi connectivity index (χ2n) is 10.9. The first-order valence-electron chi connectivity index (χ1n) is 12.7. The van der Waals surface area contributed by atoms with E-state index in [0.29, 0.717) is 23.3 Å². The average Bonchev–Trinajstić information content (AvgIpc) is 3.20. The topological polar surface area (TPSA) is 88.1 Å². The van der Waals surface area contributed by atoms with Gasteiger partial charge in [-0.25, -0.2) is 4.79 Å². The van der Waals surface area contributed by atoms with Gasteiger partial charge in [-0.2, -0.15) is 30.9 Å². The van der Waals surface area contributed by atoms with E-state index in [-0.39, 0.29) is 30.5 Å². The summed E-state index contributed by atoms with van der Waals surface area (Å²) in [6, 6.07) is 7.23. The maximum absolute atomic E-state index is 13.6. The summed E-state index contributed by atoms with van der Waals surface area (Å²) in [7, 11) is -3.26. The van der Waals surface area contributed by atoms with E-state index >= 15 is 0 Å². The molecular weight excluding hydrogens is 597 g/mol. The second-order valence-corrected chi connectivity index (χ2v) is 13.0. The average molecular weight is 630 g/mol. The van der Waals surface area contributed by atoms with Gasteiger partial charge in [0.05, 0.1) is 25.9 Å². The third-order valence-electron chi connectivity index (χ3n) is 6.72. The maximum atomic E-state index is 13.6. The SMILES string of the molecule is CC(C)(C)OC(=O)N1Cc2cc([S+](C)(=O)O)ccc2C1COCNc1ccc(C(CCF)(C(F)(F)F)C(F)(F)F)cc1. The quantitative estimate of drug-likeness (QED) is 0.132. The molecule has 1 aliphatic heterocycles. The van der Waals surface area contributed by atoms with Gasteiger partial charge < -0.3 is 14.8 Å². The molecule has 2 aromatic carbocycles. The molecule has 7 nitrogen and oxygen atoms in total. The lowest BCUT2D eigenvalue weighted by molar-refractivity contribution is -0.306. The first-order valence-corrected chi connectivity index (χ1v) is 14.6. The number of benzene rings is 2. The number of alkyl halides is 7. The van der Waals surface area contributed by atoms with Gasteiger partial charge in [-0.15, -0.1) is 0 Å². The number of nitrogens with one attached hydrogen (secondary N) is 1. The molecule has 0 saturated heterocycles. The van der Waals surface area contributed by atoms with Crippen LogP contribution >= 0.6 is 0 Å². The molecule has 42 heavy (non-hydrogen) atoms. The number of nitrogens with zero attached hydrogens (tertiary/aromatic N) is 1. The molecule has 0 spiro atoms. The highest BCUT2D eigenvalue weighted by atomic mass is 32.3. The van der Waals surface area contributed by atoms with Crippen molar-refractivity contribution in [2.45, 2.75) is 68.0 Å². The number of carbonyl (C=O) groups excluding carboxylic acids is 1. The fourth-order valence-corrected chi connectivity index (χ4v) is 5.35. The highest BCUT2D eigenvalue weighted by molar-refractivity contribution is 7.97. The van der Waals surface area contributed by atoms with Gasteiger partial charge in [0.2, 0.25) is 10.2 Å². The van der Waals surface area contributed by atoms with Crippen molar-refractivity contribution in [3.63, 3.8) is 0 Å². The van der Waals surface area contributed by atoms with Gasteiger partial charge >= 0.3 is 18.4 Å². The third kappa shape index (κ3) is 7.17. The van der Waals surface area contributed by atoms with Crippen LogP contribution in [0.3, 0.4) is 0 Å². The molecule has 15 heteroatoms. The predicted molar refractivity (Wildman–Crippen MR) is 141 cm³/mol. The Bertz CT molecular complexity index is 1290. The summed E-state index contributed by atoms with van der Waals surface area (Å²) in [5.41, 5.74) is -4.89. The van der Waals surface area contributed by atoms with Crippen LogP contribution in [0.2, 0.25) is 0 Å². The van der Waals surface area contributed by atoms with Crippen LogP contribution in [0.1, 0.15) is 49.9 Å². The fraction of sp³-hybridized carbons (Fsp3) is 0.519. The largest absolute Gasteiger partial charge is 0.444 e. The lowest BCUT2D eigenvalue weighted by atomic mass is 9.76. The van der Waals surface area contributed by atoms with Crippen molar-refractivity contribution in [2.24, 2.45) is 0 Å². The van der Waals surface area contributed by atoms with E-state index in [1.54, 1.807) is 26.8 Å². The lowest BCUT2D eigenvalue weighted by Crippen LogP contribution is -2.54. The van der Waals surface area contributed by atoms with Gasteiger partial charge in [0.1, 0.15) is 18.6 Å². The van der Waals surface area contributed by atoms with Crippen molar-refractivity contribution >= 4 is 22.0 Å². The van der Waals surface area contributed by atoms with Gasteiger partial charge in [0.25, 0.3) is 0 Å². The summed E-state index contributed by atoms with van der Waals surface area (Å²) >= 11 is 0. The zero-order chi connectivity index (χ0) is 31.7. The maximum Gasteiger partial charge on any atom is 0.411 e. The van der Waals surface area contributed by atoms with Crippen molar-refractivity contribution in [2.75, 3.05) is 31.6 Å². The van der Waals surface area contributed by atoms with Crippen LogP contribution in [0.5, 0.6) is 0 Å². The summed E-state index contributed by atoms with van der Waals surface area (Å²) in [4.78, 5) is 14.5. The molecule has 2 unspecified atom stereocenters. The first kappa shape index (κ1) is 33.6. The smallest absolute Gasteiger partial charge is 0.411 e. The van der Waals surface area contributed by atoms with Crippen LogP contribution in [-0.4, -0.2) is 59.8 Å². The Morgan fingerprint density at radius 1 is 1.05 bits per heavy atom. The van der Waals surface area contributed by atoms with Crippen LogP contribution in [0.15, 0.2) is 47.4 Å². The molecule has 0 radical (unpaired) electrons. The van der Waals surface area contributed by atoms with E-state index in [2.05, 4.69) is 5.32 Å². The Labute approximate surface area is 239 Å². The highest BCUT2D eigenvalue weighted by Crippen LogP contribution is 2.54. The summed E-state index contributed by atoms with van der Waals surface area (Å²) in [6.45, 7) is 3.01.